The molecule has 5 heteroatoms. The Morgan fingerprint density at radius 3 is 2.11 bits per heavy atom. The molecule has 0 spiro atoms. The standard InChI is InChI=1S/C13H26N2O3/c1-9(2)7-10(8-15(5)6)14-11(16)13(3,4)12(17)18/h9-10H,7-8H2,1-6H3,(H,14,16)(H,17,18). The summed E-state index contributed by atoms with van der Waals surface area (Å²) in [6, 6.07) is -0.0221. The molecule has 5 nitrogen and oxygen atoms in total. The van der Waals surface area contributed by atoms with Crippen LogP contribution in [0.5, 0.6) is 0 Å². The molecule has 0 heterocycles. The fourth-order valence-corrected chi connectivity index (χ4v) is 1.65. The second-order valence-electron chi connectivity index (χ2n) is 5.99. The highest BCUT2D eigenvalue weighted by Gasteiger charge is 2.37. The quantitative estimate of drug-likeness (QED) is 0.673. The average Bonchev–Trinajstić information content (AvgIpc) is 2.14. The number of hydrogen-bond donors (Lipinski definition) is 2. The van der Waals surface area contributed by atoms with Crippen molar-refractivity contribution in [2.24, 2.45) is 11.3 Å². The first-order valence-corrected chi connectivity index (χ1v) is 6.26. The van der Waals surface area contributed by atoms with Gasteiger partial charge in [-0.1, -0.05) is 13.8 Å². The van der Waals surface area contributed by atoms with Crippen molar-refractivity contribution in [1.82, 2.24) is 10.2 Å². The minimum atomic E-state index is -1.39. The van der Waals surface area contributed by atoms with Crippen LogP contribution in [-0.4, -0.2) is 48.6 Å². The Balaban J connectivity index is 4.66. The van der Waals surface area contributed by atoms with Gasteiger partial charge in [0.15, 0.2) is 0 Å². The number of nitrogens with zero attached hydrogens (tertiary/aromatic N) is 1. The number of rotatable bonds is 7. The molecule has 18 heavy (non-hydrogen) atoms. The molecule has 1 amide bonds. The fraction of sp³-hybridized carbons (Fsp3) is 0.846. The van der Waals surface area contributed by atoms with Crippen molar-refractivity contribution >= 4 is 11.9 Å². The molecule has 0 fully saturated rings. The number of carboxylic acid groups (broad SMARTS) is 1. The smallest absolute Gasteiger partial charge is 0.318 e. The van der Waals surface area contributed by atoms with Gasteiger partial charge in [0.2, 0.25) is 5.91 Å². The molecule has 1 atom stereocenters. The maximum absolute atomic E-state index is 12.0. The molecular weight excluding hydrogens is 232 g/mol. The van der Waals surface area contributed by atoms with E-state index in [4.69, 9.17) is 5.11 Å². The first kappa shape index (κ1) is 16.9. The molecule has 106 valence electrons. The van der Waals surface area contributed by atoms with Gasteiger partial charge in [-0.2, -0.15) is 0 Å². The Hall–Kier alpha value is -1.10. The lowest BCUT2D eigenvalue weighted by Crippen LogP contribution is -2.49. The average molecular weight is 258 g/mol. The Morgan fingerprint density at radius 2 is 1.78 bits per heavy atom. The van der Waals surface area contributed by atoms with Crippen LogP contribution in [0.1, 0.15) is 34.1 Å². The van der Waals surface area contributed by atoms with Crippen molar-refractivity contribution in [2.45, 2.75) is 40.2 Å². The van der Waals surface area contributed by atoms with E-state index in [9.17, 15) is 9.59 Å². The van der Waals surface area contributed by atoms with Crippen LogP contribution >= 0.6 is 0 Å². The number of carbonyl (C=O) groups is 2. The van der Waals surface area contributed by atoms with Crippen LogP contribution in [0.25, 0.3) is 0 Å². The Morgan fingerprint density at radius 1 is 1.28 bits per heavy atom. The lowest BCUT2D eigenvalue weighted by molar-refractivity contribution is -0.153. The van der Waals surface area contributed by atoms with E-state index < -0.39 is 17.3 Å². The number of likely N-dealkylation sites (N-methyl/N-ethyl adjacent to an activating group) is 1. The van der Waals surface area contributed by atoms with Crippen LogP contribution in [0.15, 0.2) is 0 Å². The van der Waals surface area contributed by atoms with E-state index in [-0.39, 0.29) is 6.04 Å². The molecule has 1 unspecified atom stereocenters. The van der Waals surface area contributed by atoms with Crippen molar-refractivity contribution in [2.75, 3.05) is 20.6 Å². The monoisotopic (exact) mass is 258 g/mol. The molecule has 0 saturated heterocycles. The van der Waals surface area contributed by atoms with Crippen LogP contribution in [0, 0.1) is 11.3 Å². The van der Waals surface area contributed by atoms with Gasteiger partial charge in [-0.3, -0.25) is 9.59 Å². The van der Waals surface area contributed by atoms with Crippen LogP contribution in [0.3, 0.4) is 0 Å². The van der Waals surface area contributed by atoms with Gasteiger partial charge in [0.1, 0.15) is 5.41 Å². The lowest BCUT2D eigenvalue weighted by Gasteiger charge is -2.27. The summed E-state index contributed by atoms with van der Waals surface area (Å²) in [5.74, 6) is -1.08. The van der Waals surface area contributed by atoms with Crippen molar-refractivity contribution in [1.29, 1.82) is 0 Å². The summed E-state index contributed by atoms with van der Waals surface area (Å²) >= 11 is 0. The Labute approximate surface area is 110 Å². The Kier molecular flexibility index (Phi) is 6.32. The van der Waals surface area contributed by atoms with Crippen molar-refractivity contribution in [3.05, 3.63) is 0 Å². The molecule has 0 aliphatic rings. The highest BCUT2D eigenvalue weighted by atomic mass is 16.4. The molecule has 0 aromatic rings. The molecule has 0 saturated carbocycles. The summed E-state index contributed by atoms with van der Waals surface area (Å²) in [5, 5.41) is 11.9. The van der Waals surface area contributed by atoms with Gasteiger partial charge in [-0.25, -0.2) is 0 Å². The van der Waals surface area contributed by atoms with E-state index >= 15 is 0 Å². The van der Waals surface area contributed by atoms with E-state index in [2.05, 4.69) is 19.2 Å². The van der Waals surface area contributed by atoms with E-state index in [1.54, 1.807) is 0 Å². The molecule has 2 N–H and O–H groups in total. The normalized spacial score (nSPS) is 13.8. The number of aliphatic carboxylic acids is 1. The van der Waals surface area contributed by atoms with E-state index in [1.807, 2.05) is 19.0 Å². The maximum atomic E-state index is 12.0. The number of hydrogen-bond acceptors (Lipinski definition) is 3. The van der Waals surface area contributed by atoms with Gasteiger partial charge < -0.3 is 15.3 Å². The first-order valence-electron chi connectivity index (χ1n) is 6.26. The van der Waals surface area contributed by atoms with Crippen LogP contribution in [-0.2, 0) is 9.59 Å². The second-order valence-corrected chi connectivity index (χ2v) is 5.99. The molecule has 0 aliphatic carbocycles. The minimum Gasteiger partial charge on any atom is -0.480 e. The van der Waals surface area contributed by atoms with Gasteiger partial charge in [-0.05, 0) is 40.3 Å². The highest BCUT2D eigenvalue weighted by Crippen LogP contribution is 2.16. The summed E-state index contributed by atoms with van der Waals surface area (Å²) < 4.78 is 0. The summed E-state index contributed by atoms with van der Waals surface area (Å²) in [4.78, 5) is 25.0. The molecule has 0 aromatic carbocycles. The van der Waals surface area contributed by atoms with Crippen LogP contribution in [0.2, 0.25) is 0 Å². The first-order chi connectivity index (χ1) is 8.07. The largest absolute Gasteiger partial charge is 0.480 e. The molecule has 0 bridgehead atoms. The SMILES string of the molecule is CC(C)CC(CN(C)C)NC(=O)C(C)(C)C(=O)O. The fourth-order valence-electron chi connectivity index (χ4n) is 1.65. The number of carboxylic acids is 1. The summed E-state index contributed by atoms with van der Waals surface area (Å²) in [7, 11) is 3.86. The van der Waals surface area contributed by atoms with Gasteiger partial charge in [0.05, 0.1) is 0 Å². The zero-order valence-corrected chi connectivity index (χ0v) is 12.3. The van der Waals surface area contributed by atoms with Gasteiger partial charge in [0, 0.05) is 12.6 Å². The number of carbonyl (C=O) groups excluding carboxylic acids is 1. The van der Waals surface area contributed by atoms with Crippen molar-refractivity contribution < 1.29 is 14.7 Å². The highest BCUT2D eigenvalue weighted by molar-refractivity contribution is 6.01. The lowest BCUT2D eigenvalue weighted by atomic mass is 9.91. The van der Waals surface area contributed by atoms with Crippen LogP contribution in [0.4, 0.5) is 0 Å². The number of nitrogens with one attached hydrogen (secondary N) is 1. The molecule has 0 aliphatic heterocycles. The predicted molar refractivity (Wildman–Crippen MR) is 71.4 cm³/mol. The van der Waals surface area contributed by atoms with Gasteiger partial charge in [0.25, 0.3) is 0 Å². The molecule has 0 aromatic heterocycles. The zero-order valence-electron chi connectivity index (χ0n) is 12.3. The maximum Gasteiger partial charge on any atom is 0.318 e. The summed E-state index contributed by atoms with van der Waals surface area (Å²) in [6.07, 6.45) is 0.833. The third-order valence-corrected chi connectivity index (χ3v) is 2.78. The molecular formula is C13H26N2O3. The van der Waals surface area contributed by atoms with Crippen molar-refractivity contribution in [3.63, 3.8) is 0 Å². The zero-order chi connectivity index (χ0) is 14.5. The second kappa shape index (κ2) is 6.73. The van der Waals surface area contributed by atoms with Crippen molar-refractivity contribution in [3.8, 4) is 0 Å². The van der Waals surface area contributed by atoms with E-state index in [0.717, 1.165) is 6.42 Å². The topological polar surface area (TPSA) is 69.6 Å². The van der Waals surface area contributed by atoms with Gasteiger partial charge >= 0.3 is 5.97 Å². The minimum absolute atomic E-state index is 0.0221. The van der Waals surface area contributed by atoms with E-state index in [1.165, 1.54) is 13.8 Å². The van der Waals surface area contributed by atoms with E-state index in [0.29, 0.717) is 12.5 Å². The Bertz CT molecular complexity index is 289. The van der Waals surface area contributed by atoms with Gasteiger partial charge in [-0.15, -0.1) is 0 Å². The summed E-state index contributed by atoms with van der Waals surface area (Å²) in [5.41, 5.74) is -1.39. The van der Waals surface area contributed by atoms with Crippen LogP contribution < -0.4 is 5.32 Å². The third-order valence-electron chi connectivity index (χ3n) is 2.78. The predicted octanol–water partition coefficient (Wildman–Crippen LogP) is 1.19. The number of amides is 1. The molecule has 0 rings (SSSR count). The molecule has 0 radical (unpaired) electrons. The summed E-state index contributed by atoms with van der Waals surface area (Å²) in [6.45, 7) is 7.72. The third kappa shape index (κ3) is 5.49.